The second-order valence-corrected chi connectivity index (χ2v) is 4.37. The standard InChI is InChI=1S/C14H16N4O3/c19-13(20)10-4-1-2-5-11(10)18-14(21)17-7-3-6-12-15-8-9-16-12/h1-2,4-5,8-9H,3,6-7H2,(H,15,16)(H,19,20)(H2,17,18,21). The lowest BCUT2D eigenvalue weighted by atomic mass is 10.2. The van der Waals surface area contributed by atoms with E-state index in [0.717, 1.165) is 18.7 Å². The van der Waals surface area contributed by atoms with Gasteiger partial charge in [-0.2, -0.15) is 0 Å². The number of aromatic nitrogens is 2. The maximum Gasteiger partial charge on any atom is 0.337 e. The van der Waals surface area contributed by atoms with Crippen LogP contribution >= 0.6 is 0 Å². The van der Waals surface area contributed by atoms with E-state index in [1.807, 2.05) is 0 Å². The van der Waals surface area contributed by atoms with Gasteiger partial charge in [0.05, 0.1) is 11.3 Å². The summed E-state index contributed by atoms with van der Waals surface area (Å²) in [6.45, 7) is 0.474. The van der Waals surface area contributed by atoms with Gasteiger partial charge in [0.1, 0.15) is 5.82 Å². The van der Waals surface area contributed by atoms with E-state index in [9.17, 15) is 9.59 Å². The molecule has 0 saturated heterocycles. The van der Waals surface area contributed by atoms with Gasteiger partial charge in [-0.25, -0.2) is 14.6 Å². The maximum absolute atomic E-state index is 11.7. The van der Waals surface area contributed by atoms with Crippen molar-refractivity contribution < 1.29 is 14.7 Å². The predicted molar refractivity (Wildman–Crippen MR) is 77.3 cm³/mol. The molecule has 0 saturated carbocycles. The number of nitrogens with one attached hydrogen (secondary N) is 3. The van der Waals surface area contributed by atoms with Gasteiger partial charge in [-0.3, -0.25) is 0 Å². The Balaban J connectivity index is 1.78. The van der Waals surface area contributed by atoms with Crippen molar-refractivity contribution in [2.24, 2.45) is 0 Å². The molecule has 1 aromatic carbocycles. The summed E-state index contributed by atoms with van der Waals surface area (Å²) in [7, 11) is 0. The van der Waals surface area contributed by atoms with E-state index in [0.29, 0.717) is 6.54 Å². The lowest BCUT2D eigenvalue weighted by molar-refractivity contribution is 0.0698. The van der Waals surface area contributed by atoms with Crippen molar-refractivity contribution in [1.82, 2.24) is 15.3 Å². The third-order valence-electron chi connectivity index (χ3n) is 2.84. The van der Waals surface area contributed by atoms with Crippen molar-refractivity contribution in [3.8, 4) is 0 Å². The largest absolute Gasteiger partial charge is 0.478 e. The Kier molecular flexibility index (Phi) is 4.92. The van der Waals surface area contributed by atoms with E-state index in [1.54, 1.807) is 30.6 Å². The Labute approximate surface area is 121 Å². The fourth-order valence-corrected chi connectivity index (χ4v) is 1.84. The molecule has 7 heteroatoms. The predicted octanol–water partition coefficient (Wildman–Crippen LogP) is 1.86. The minimum Gasteiger partial charge on any atom is -0.478 e. The summed E-state index contributed by atoms with van der Waals surface area (Å²) >= 11 is 0. The van der Waals surface area contributed by atoms with Crippen LogP contribution in [0.4, 0.5) is 10.5 Å². The summed E-state index contributed by atoms with van der Waals surface area (Å²) in [5, 5.41) is 14.2. The van der Waals surface area contributed by atoms with E-state index < -0.39 is 12.0 Å². The number of amides is 2. The zero-order chi connectivity index (χ0) is 15.1. The van der Waals surface area contributed by atoms with Crippen LogP contribution in [0.2, 0.25) is 0 Å². The highest BCUT2D eigenvalue weighted by Gasteiger charge is 2.11. The van der Waals surface area contributed by atoms with Gasteiger partial charge in [0.15, 0.2) is 0 Å². The van der Waals surface area contributed by atoms with Gasteiger partial charge < -0.3 is 20.7 Å². The van der Waals surface area contributed by atoms with Gasteiger partial charge in [0, 0.05) is 25.4 Å². The zero-order valence-electron chi connectivity index (χ0n) is 11.3. The Morgan fingerprint density at radius 2 is 2.10 bits per heavy atom. The van der Waals surface area contributed by atoms with Crippen molar-refractivity contribution in [2.75, 3.05) is 11.9 Å². The van der Waals surface area contributed by atoms with Crippen molar-refractivity contribution in [3.63, 3.8) is 0 Å². The number of para-hydroxylation sites is 1. The summed E-state index contributed by atoms with van der Waals surface area (Å²) in [6.07, 6.45) is 4.90. The molecule has 21 heavy (non-hydrogen) atoms. The first-order valence-corrected chi connectivity index (χ1v) is 6.52. The summed E-state index contributed by atoms with van der Waals surface area (Å²) in [4.78, 5) is 29.8. The molecule has 2 amide bonds. The van der Waals surface area contributed by atoms with Gasteiger partial charge in [0.2, 0.25) is 0 Å². The number of aryl methyl sites for hydroxylation is 1. The number of aromatic carboxylic acids is 1. The summed E-state index contributed by atoms with van der Waals surface area (Å²) in [6, 6.07) is 5.83. The topological polar surface area (TPSA) is 107 Å². The number of rotatable bonds is 6. The number of hydrogen-bond acceptors (Lipinski definition) is 3. The average Bonchev–Trinajstić information content (AvgIpc) is 2.97. The fourth-order valence-electron chi connectivity index (χ4n) is 1.84. The Bertz CT molecular complexity index is 610. The molecule has 1 heterocycles. The lowest BCUT2D eigenvalue weighted by Gasteiger charge is -2.09. The van der Waals surface area contributed by atoms with Gasteiger partial charge in [-0.1, -0.05) is 12.1 Å². The van der Waals surface area contributed by atoms with Gasteiger partial charge in [-0.15, -0.1) is 0 Å². The monoisotopic (exact) mass is 288 g/mol. The van der Waals surface area contributed by atoms with Crippen LogP contribution in [0.1, 0.15) is 22.6 Å². The third kappa shape index (κ3) is 4.34. The Morgan fingerprint density at radius 3 is 2.81 bits per heavy atom. The van der Waals surface area contributed by atoms with Crippen molar-refractivity contribution in [3.05, 3.63) is 48.0 Å². The number of carbonyl (C=O) groups excluding carboxylic acids is 1. The number of nitrogens with zero attached hydrogens (tertiary/aromatic N) is 1. The molecule has 1 aromatic heterocycles. The van der Waals surface area contributed by atoms with E-state index in [2.05, 4.69) is 20.6 Å². The molecular formula is C14H16N4O3. The normalized spacial score (nSPS) is 10.1. The molecule has 2 rings (SSSR count). The molecule has 4 N–H and O–H groups in total. The number of carbonyl (C=O) groups is 2. The molecule has 0 unspecified atom stereocenters. The first-order valence-electron chi connectivity index (χ1n) is 6.52. The number of hydrogen-bond donors (Lipinski definition) is 4. The minimum atomic E-state index is -1.08. The molecule has 110 valence electrons. The van der Waals surface area contributed by atoms with Crippen LogP contribution in [0.3, 0.4) is 0 Å². The number of H-pyrrole nitrogens is 1. The van der Waals surface area contributed by atoms with Crippen molar-refractivity contribution in [1.29, 1.82) is 0 Å². The van der Waals surface area contributed by atoms with Crippen LogP contribution in [0, 0.1) is 0 Å². The van der Waals surface area contributed by atoms with E-state index in [1.165, 1.54) is 6.07 Å². The smallest absolute Gasteiger partial charge is 0.337 e. The van der Waals surface area contributed by atoms with E-state index in [-0.39, 0.29) is 11.3 Å². The molecule has 0 aliphatic rings. The number of imidazole rings is 1. The number of aromatic amines is 1. The summed E-state index contributed by atoms with van der Waals surface area (Å²) in [5.74, 6) is -0.211. The highest BCUT2D eigenvalue weighted by molar-refractivity contribution is 5.99. The quantitative estimate of drug-likeness (QED) is 0.608. The van der Waals surface area contributed by atoms with Crippen LogP contribution in [-0.4, -0.2) is 33.6 Å². The number of carboxylic acid groups (broad SMARTS) is 1. The summed E-state index contributed by atoms with van der Waals surface area (Å²) in [5.41, 5.74) is 0.330. The molecule has 0 aliphatic carbocycles. The second kappa shape index (κ2) is 7.09. The molecule has 0 fully saturated rings. The number of benzene rings is 1. The van der Waals surface area contributed by atoms with Gasteiger partial charge in [-0.05, 0) is 18.6 Å². The van der Waals surface area contributed by atoms with Crippen molar-refractivity contribution in [2.45, 2.75) is 12.8 Å². The van der Waals surface area contributed by atoms with Crippen LogP contribution in [0.15, 0.2) is 36.7 Å². The van der Waals surface area contributed by atoms with Crippen LogP contribution in [-0.2, 0) is 6.42 Å². The zero-order valence-corrected chi connectivity index (χ0v) is 11.3. The average molecular weight is 288 g/mol. The molecule has 0 aliphatic heterocycles. The first kappa shape index (κ1) is 14.6. The van der Waals surface area contributed by atoms with Gasteiger partial charge in [0.25, 0.3) is 0 Å². The maximum atomic E-state index is 11.7. The molecule has 0 spiro atoms. The number of urea groups is 1. The fraction of sp³-hybridized carbons (Fsp3) is 0.214. The van der Waals surface area contributed by atoms with E-state index in [4.69, 9.17) is 5.11 Å². The second-order valence-electron chi connectivity index (χ2n) is 4.37. The third-order valence-corrected chi connectivity index (χ3v) is 2.84. The molecule has 7 nitrogen and oxygen atoms in total. The lowest BCUT2D eigenvalue weighted by Crippen LogP contribution is -2.30. The highest BCUT2D eigenvalue weighted by Crippen LogP contribution is 2.14. The molecule has 2 aromatic rings. The molecule has 0 bridgehead atoms. The van der Waals surface area contributed by atoms with E-state index >= 15 is 0 Å². The Morgan fingerprint density at radius 1 is 1.29 bits per heavy atom. The van der Waals surface area contributed by atoms with Crippen molar-refractivity contribution >= 4 is 17.7 Å². The highest BCUT2D eigenvalue weighted by atomic mass is 16.4. The van der Waals surface area contributed by atoms with Gasteiger partial charge >= 0.3 is 12.0 Å². The number of carboxylic acids is 1. The molecular weight excluding hydrogens is 272 g/mol. The van der Waals surface area contributed by atoms with Crippen LogP contribution in [0.25, 0.3) is 0 Å². The SMILES string of the molecule is O=C(NCCCc1ncc[nH]1)Nc1ccccc1C(=O)O. The summed E-state index contributed by atoms with van der Waals surface area (Å²) < 4.78 is 0. The Hall–Kier alpha value is -2.83. The molecule has 0 atom stereocenters. The first-order chi connectivity index (χ1) is 10.2. The molecule has 0 radical (unpaired) electrons. The van der Waals surface area contributed by atoms with Crippen LogP contribution in [0.5, 0.6) is 0 Å². The number of anilines is 1. The van der Waals surface area contributed by atoms with Crippen LogP contribution < -0.4 is 10.6 Å². The minimum absolute atomic E-state index is 0.0586.